The number of nitrogens with one attached hydrogen (secondary N) is 1. The van der Waals surface area contributed by atoms with Crippen LogP contribution in [0.2, 0.25) is 0 Å². The van der Waals surface area contributed by atoms with Crippen LogP contribution < -0.4 is 14.8 Å². The molecule has 0 atom stereocenters. The minimum absolute atomic E-state index is 0.248. The van der Waals surface area contributed by atoms with Crippen LogP contribution in [0.5, 0.6) is 11.5 Å². The zero-order valence-corrected chi connectivity index (χ0v) is 13.4. The SMILES string of the molecule is CCOc1c(Br)cc(C(=O)Nc2nccs2)cc1OC. The highest BCUT2D eigenvalue weighted by Gasteiger charge is 2.16. The van der Waals surface area contributed by atoms with Crippen LogP contribution in [0.1, 0.15) is 17.3 Å². The Morgan fingerprint density at radius 2 is 2.30 bits per heavy atom. The Morgan fingerprint density at radius 1 is 1.50 bits per heavy atom. The molecule has 1 N–H and O–H groups in total. The fourth-order valence-corrected chi connectivity index (χ4v) is 2.67. The topological polar surface area (TPSA) is 60.5 Å². The van der Waals surface area contributed by atoms with Gasteiger partial charge in [0.25, 0.3) is 5.91 Å². The summed E-state index contributed by atoms with van der Waals surface area (Å²) in [5.41, 5.74) is 0.465. The second-order valence-corrected chi connectivity index (χ2v) is 5.46. The lowest BCUT2D eigenvalue weighted by molar-refractivity contribution is 0.102. The predicted molar refractivity (Wildman–Crippen MR) is 81.9 cm³/mol. The second-order valence-electron chi connectivity index (χ2n) is 3.71. The summed E-state index contributed by atoms with van der Waals surface area (Å²) in [6.45, 7) is 2.40. The van der Waals surface area contributed by atoms with E-state index in [1.807, 2.05) is 6.92 Å². The van der Waals surface area contributed by atoms with Crippen molar-refractivity contribution in [2.45, 2.75) is 6.92 Å². The number of hydrogen-bond donors (Lipinski definition) is 1. The fourth-order valence-electron chi connectivity index (χ4n) is 1.59. The van der Waals surface area contributed by atoms with Gasteiger partial charge >= 0.3 is 0 Å². The Morgan fingerprint density at radius 3 is 2.90 bits per heavy atom. The number of halogens is 1. The molecule has 1 amide bonds. The van der Waals surface area contributed by atoms with E-state index in [0.717, 1.165) is 0 Å². The standard InChI is InChI=1S/C13H13BrN2O3S/c1-3-19-11-9(14)6-8(7-10(11)18-2)12(17)16-13-15-4-5-20-13/h4-7H,3H2,1-2H3,(H,15,16,17). The largest absolute Gasteiger partial charge is 0.493 e. The van der Waals surface area contributed by atoms with E-state index in [-0.39, 0.29) is 5.91 Å². The summed E-state index contributed by atoms with van der Waals surface area (Å²) in [5.74, 6) is 0.841. The Kier molecular flexibility index (Phi) is 4.97. The molecule has 0 aliphatic rings. The molecule has 0 aliphatic carbocycles. The third kappa shape index (κ3) is 3.29. The molecule has 0 aliphatic heterocycles. The number of hydrogen-bond acceptors (Lipinski definition) is 5. The molecule has 1 aromatic carbocycles. The van der Waals surface area contributed by atoms with Crippen molar-refractivity contribution in [2.75, 3.05) is 19.0 Å². The van der Waals surface area contributed by atoms with Crippen molar-refractivity contribution in [2.24, 2.45) is 0 Å². The molecule has 0 spiro atoms. The Bertz CT molecular complexity index is 602. The number of amides is 1. The number of ether oxygens (including phenoxy) is 2. The number of aromatic nitrogens is 1. The van der Waals surface area contributed by atoms with Gasteiger partial charge in [-0.3, -0.25) is 10.1 Å². The van der Waals surface area contributed by atoms with Crippen molar-refractivity contribution in [3.63, 3.8) is 0 Å². The normalized spacial score (nSPS) is 10.2. The fraction of sp³-hybridized carbons (Fsp3) is 0.231. The molecular weight excluding hydrogens is 344 g/mol. The quantitative estimate of drug-likeness (QED) is 0.889. The van der Waals surface area contributed by atoms with Crippen molar-refractivity contribution in [1.29, 1.82) is 0 Å². The van der Waals surface area contributed by atoms with E-state index >= 15 is 0 Å². The van der Waals surface area contributed by atoms with Gasteiger partial charge in [0.15, 0.2) is 16.6 Å². The zero-order valence-electron chi connectivity index (χ0n) is 11.0. The van der Waals surface area contributed by atoms with Gasteiger partial charge in [-0.15, -0.1) is 11.3 Å². The minimum Gasteiger partial charge on any atom is -0.493 e. The van der Waals surface area contributed by atoms with Gasteiger partial charge < -0.3 is 9.47 Å². The lowest BCUT2D eigenvalue weighted by Gasteiger charge is -2.13. The third-order valence-corrected chi connectivity index (χ3v) is 3.71. The van der Waals surface area contributed by atoms with Crippen molar-refractivity contribution in [1.82, 2.24) is 4.98 Å². The average molecular weight is 357 g/mol. The van der Waals surface area contributed by atoms with Gasteiger partial charge in [0.05, 0.1) is 18.2 Å². The van der Waals surface area contributed by atoms with Crippen molar-refractivity contribution in [3.8, 4) is 11.5 Å². The number of nitrogens with zero attached hydrogens (tertiary/aromatic N) is 1. The molecule has 0 radical (unpaired) electrons. The maximum absolute atomic E-state index is 12.1. The van der Waals surface area contributed by atoms with E-state index in [9.17, 15) is 4.79 Å². The molecule has 106 valence electrons. The van der Waals surface area contributed by atoms with Crippen LogP contribution in [-0.4, -0.2) is 24.6 Å². The van der Waals surface area contributed by atoms with Crippen molar-refractivity contribution in [3.05, 3.63) is 33.7 Å². The molecule has 5 nitrogen and oxygen atoms in total. The summed E-state index contributed by atoms with van der Waals surface area (Å²) >= 11 is 4.75. The molecule has 20 heavy (non-hydrogen) atoms. The highest BCUT2D eigenvalue weighted by molar-refractivity contribution is 9.10. The van der Waals surface area contributed by atoms with Crippen molar-refractivity contribution >= 4 is 38.3 Å². The molecule has 0 unspecified atom stereocenters. The smallest absolute Gasteiger partial charge is 0.257 e. The second kappa shape index (κ2) is 6.71. The van der Waals surface area contributed by atoms with E-state index in [1.54, 1.807) is 23.7 Å². The Hall–Kier alpha value is -1.60. The summed E-state index contributed by atoms with van der Waals surface area (Å²) in [4.78, 5) is 16.2. The highest BCUT2D eigenvalue weighted by Crippen LogP contribution is 2.36. The number of rotatable bonds is 5. The van der Waals surface area contributed by atoms with E-state index in [2.05, 4.69) is 26.2 Å². The van der Waals surface area contributed by atoms with Gasteiger partial charge in [0.1, 0.15) is 0 Å². The van der Waals surface area contributed by atoms with Gasteiger partial charge in [-0.05, 0) is 35.0 Å². The lowest BCUT2D eigenvalue weighted by atomic mass is 10.2. The first kappa shape index (κ1) is 14.8. The first-order valence-electron chi connectivity index (χ1n) is 5.87. The van der Waals surface area contributed by atoms with E-state index in [1.165, 1.54) is 18.4 Å². The van der Waals surface area contributed by atoms with Gasteiger partial charge in [-0.2, -0.15) is 0 Å². The molecule has 0 bridgehead atoms. The summed E-state index contributed by atoms with van der Waals surface area (Å²) < 4.78 is 11.4. The van der Waals surface area contributed by atoms with Crippen LogP contribution in [0.25, 0.3) is 0 Å². The molecule has 1 aromatic heterocycles. The molecule has 0 fully saturated rings. The van der Waals surface area contributed by atoms with Crippen LogP contribution in [-0.2, 0) is 0 Å². The predicted octanol–water partition coefficient (Wildman–Crippen LogP) is 3.57. The monoisotopic (exact) mass is 356 g/mol. The molecule has 0 saturated carbocycles. The van der Waals surface area contributed by atoms with Crippen LogP contribution in [0.3, 0.4) is 0 Å². The number of carbonyl (C=O) groups excluding carboxylic acids is 1. The number of methoxy groups -OCH3 is 1. The Labute approximate surface area is 129 Å². The molecule has 2 aromatic rings. The van der Waals surface area contributed by atoms with E-state index in [4.69, 9.17) is 9.47 Å². The summed E-state index contributed by atoms with van der Waals surface area (Å²) in [6.07, 6.45) is 1.63. The third-order valence-electron chi connectivity index (χ3n) is 2.43. The number of thiazole rings is 1. The Balaban J connectivity index is 2.28. The number of carbonyl (C=O) groups is 1. The zero-order chi connectivity index (χ0) is 14.5. The van der Waals surface area contributed by atoms with Crippen LogP contribution in [0.15, 0.2) is 28.2 Å². The maximum Gasteiger partial charge on any atom is 0.257 e. The van der Waals surface area contributed by atoms with Crippen LogP contribution >= 0.6 is 27.3 Å². The van der Waals surface area contributed by atoms with Gasteiger partial charge in [-0.1, -0.05) is 0 Å². The lowest BCUT2D eigenvalue weighted by Crippen LogP contribution is -2.12. The highest BCUT2D eigenvalue weighted by atomic mass is 79.9. The van der Waals surface area contributed by atoms with Crippen molar-refractivity contribution < 1.29 is 14.3 Å². The van der Waals surface area contributed by atoms with Gasteiger partial charge in [0.2, 0.25) is 0 Å². The first-order valence-corrected chi connectivity index (χ1v) is 7.54. The summed E-state index contributed by atoms with van der Waals surface area (Å²) in [5, 5.41) is 5.07. The molecule has 0 saturated heterocycles. The van der Waals surface area contributed by atoms with Crippen LogP contribution in [0.4, 0.5) is 5.13 Å². The maximum atomic E-state index is 12.1. The van der Waals surface area contributed by atoms with Gasteiger partial charge in [-0.25, -0.2) is 4.98 Å². The average Bonchev–Trinajstić information content (AvgIpc) is 2.93. The first-order chi connectivity index (χ1) is 9.65. The number of benzene rings is 1. The summed E-state index contributed by atoms with van der Waals surface area (Å²) in [6, 6.07) is 3.33. The number of anilines is 1. The minimum atomic E-state index is -0.248. The van der Waals surface area contributed by atoms with E-state index < -0.39 is 0 Å². The molecular formula is C13H13BrN2O3S. The van der Waals surface area contributed by atoms with Gasteiger partial charge in [0, 0.05) is 17.1 Å². The molecule has 1 heterocycles. The van der Waals surface area contributed by atoms with Crippen LogP contribution in [0, 0.1) is 0 Å². The van der Waals surface area contributed by atoms with E-state index in [0.29, 0.717) is 33.3 Å². The molecule has 2 rings (SSSR count). The summed E-state index contributed by atoms with van der Waals surface area (Å²) in [7, 11) is 1.53. The molecule has 7 heteroatoms.